The molecule has 0 radical (unpaired) electrons. The number of nitrogens with zero attached hydrogens (tertiary/aromatic N) is 1. The minimum atomic E-state index is -1.18. The Balaban J connectivity index is 1.87. The average Bonchev–Trinajstić information content (AvgIpc) is 2.87. The predicted octanol–water partition coefficient (Wildman–Crippen LogP) is 2.95. The van der Waals surface area contributed by atoms with Crippen LogP contribution in [0.5, 0.6) is 0 Å². The van der Waals surface area contributed by atoms with Gasteiger partial charge in [-0.25, -0.2) is 4.79 Å². The van der Waals surface area contributed by atoms with E-state index in [0.29, 0.717) is 17.5 Å². The van der Waals surface area contributed by atoms with Crippen LogP contribution in [0, 0.1) is 0 Å². The van der Waals surface area contributed by atoms with Gasteiger partial charge in [-0.3, -0.25) is 15.0 Å². The number of hydrogen-bond acceptors (Lipinski definition) is 3. The largest absolute Gasteiger partial charge is 0.344 e. The van der Waals surface area contributed by atoms with Crippen LogP contribution in [0.15, 0.2) is 59.1 Å². The Morgan fingerprint density at radius 3 is 2.52 bits per heavy atom. The molecule has 3 rings (SSSR count). The summed E-state index contributed by atoms with van der Waals surface area (Å²) in [7, 11) is 0. The van der Waals surface area contributed by atoms with Crippen LogP contribution in [0.2, 0.25) is 0 Å². The van der Waals surface area contributed by atoms with Crippen molar-refractivity contribution >= 4 is 33.8 Å². The lowest BCUT2D eigenvalue weighted by Crippen LogP contribution is -2.48. The van der Waals surface area contributed by atoms with Crippen molar-refractivity contribution in [3.8, 4) is 0 Å². The molecule has 6 nitrogen and oxygen atoms in total. The fourth-order valence-electron chi connectivity index (χ4n) is 2.83. The Morgan fingerprint density at radius 1 is 1.16 bits per heavy atom. The summed E-state index contributed by atoms with van der Waals surface area (Å²) in [5.74, 6) is -1.04. The second-order valence-corrected chi connectivity index (χ2v) is 6.56. The third-order valence-electron chi connectivity index (χ3n) is 4.19. The van der Waals surface area contributed by atoms with Crippen molar-refractivity contribution in [3.63, 3.8) is 0 Å². The zero-order valence-electron chi connectivity index (χ0n) is 13.5. The Bertz CT molecular complexity index is 840. The summed E-state index contributed by atoms with van der Waals surface area (Å²) >= 11 is 3.29. The molecule has 1 aliphatic heterocycles. The lowest BCUT2D eigenvalue weighted by atomic mass is 9.87. The van der Waals surface area contributed by atoms with Gasteiger partial charge in [-0.05, 0) is 30.2 Å². The first kappa shape index (κ1) is 17.2. The number of urea groups is 1. The van der Waals surface area contributed by atoms with Crippen LogP contribution in [-0.4, -0.2) is 22.9 Å². The molecule has 0 bridgehead atoms. The van der Waals surface area contributed by atoms with E-state index in [2.05, 4.69) is 26.7 Å². The maximum absolute atomic E-state index is 12.9. The zero-order chi connectivity index (χ0) is 18.0. The Kier molecular flexibility index (Phi) is 4.59. The van der Waals surface area contributed by atoms with Crippen molar-refractivity contribution in [1.82, 2.24) is 15.8 Å². The molecule has 2 N–H and O–H groups in total. The van der Waals surface area contributed by atoms with Gasteiger partial charge in [-0.2, -0.15) is 5.01 Å². The van der Waals surface area contributed by atoms with E-state index >= 15 is 0 Å². The van der Waals surface area contributed by atoms with Gasteiger partial charge < -0.3 is 5.32 Å². The van der Waals surface area contributed by atoms with Gasteiger partial charge in [-0.15, -0.1) is 0 Å². The molecule has 0 aromatic heterocycles. The zero-order valence-corrected chi connectivity index (χ0v) is 15.0. The third-order valence-corrected chi connectivity index (χ3v) is 4.68. The normalized spacial score (nSPS) is 19.7. The molecule has 1 atom stereocenters. The molecule has 7 heteroatoms. The van der Waals surface area contributed by atoms with E-state index in [1.807, 2.05) is 13.0 Å². The number of rotatable bonds is 4. The molecule has 25 heavy (non-hydrogen) atoms. The van der Waals surface area contributed by atoms with E-state index in [1.54, 1.807) is 48.5 Å². The van der Waals surface area contributed by atoms with Gasteiger partial charge in [0.2, 0.25) is 0 Å². The van der Waals surface area contributed by atoms with Crippen molar-refractivity contribution in [3.05, 3.63) is 70.2 Å². The Labute approximate surface area is 153 Å². The molecule has 1 fully saturated rings. The summed E-state index contributed by atoms with van der Waals surface area (Å²) < 4.78 is 0.726. The molecule has 0 saturated carbocycles. The molecule has 128 valence electrons. The summed E-state index contributed by atoms with van der Waals surface area (Å²) in [4.78, 5) is 37.6. The average molecular weight is 402 g/mol. The molecule has 0 unspecified atom stereocenters. The molecule has 0 aliphatic carbocycles. The first-order chi connectivity index (χ1) is 12.0. The van der Waals surface area contributed by atoms with E-state index in [1.165, 1.54) is 0 Å². The molecule has 2 aromatic rings. The number of halogens is 1. The van der Waals surface area contributed by atoms with Gasteiger partial charge in [0.25, 0.3) is 11.8 Å². The van der Waals surface area contributed by atoms with Crippen molar-refractivity contribution in [1.29, 1.82) is 0 Å². The molecule has 1 heterocycles. The van der Waals surface area contributed by atoms with Crippen molar-refractivity contribution in [2.75, 3.05) is 0 Å². The number of benzene rings is 2. The summed E-state index contributed by atoms with van der Waals surface area (Å²) in [6, 6.07) is 15.0. The molecule has 0 spiro atoms. The topological polar surface area (TPSA) is 78.5 Å². The van der Waals surface area contributed by atoms with Gasteiger partial charge in [0.15, 0.2) is 0 Å². The van der Waals surface area contributed by atoms with Crippen molar-refractivity contribution in [2.45, 2.75) is 18.9 Å². The van der Waals surface area contributed by atoms with Crippen LogP contribution >= 0.6 is 15.9 Å². The number of nitrogens with one attached hydrogen (secondary N) is 2. The smallest absolute Gasteiger partial charge is 0.318 e. The van der Waals surface area contributed by atoms with Crippen LogP contribution in [0.3, 0.4) is 0 Å². The van der Waals surface area contributed by atoms with Crippen molar-refractivity contribution < 1.29 is 14.4 Å². The fraction of sp³-hybridized carbons (Fsp3) is 0.167. The predicted molar refractivity (Wildman–Crippen MR) is 95.4 cm³/mol. The highest BCUT2D eigenvalue weighted by Gasteiger charge is 2.52. The van der Waals surface area contributed by atoms with Crippen LogP contribution in [0.25, 0.3) is 0 Å². The molecular formula is C18H16BrN3O3. The Hall–Kier alpha value is -2.67. The standard InChI is InChI=1S/C18H16BrN3O3/c1-2-18(13-8-4-3-5-9-13)16(24)22(17(25)20-18)21-15(23)12-7-6-10-14(19)11-12/h3-11H,2H2,1H3,(H,20,25)(H,21,23)/t18-/m1/s1. The minimum Gasteiger partial charge on any atom is -0.318 e. The van der Waals surface area contributed by atoms with Gasteiger partial charge in [0.1, 0.15) is 5.54 Å². The molecule has 4 amide bonds. The molecule has 1 saturated heterocycles. The fourth-order valence-corrected chi connectivity index (χ4v) is 3.23. The molecular weight excluding hydrogens is 386 g/mol. The van der Waals surface area contributed by atoms with Crippen molar-refractivity contribution in [2.24, 2.45) is 0 Å². The maximum Gasteiger partial charge on any atom is 0.344 e. The number of carbonyl (C=O) groups is 3. The van der Waals surface area contributed by atoms with E-state index < -0.39 is 23.4 Å². The lowest BCUT2D eigenvalue weighted by Gasteiger charge is -2.25. The summed E-state index contributed by atoms with van der Waals surface area (Å²) in [6.07, 6.45) is 0.366. The lowest BCUT2D eigenvalue weighted by molar-refractivity contribution is -0.133. The van der Waals surface area contributed by atoms with E-state index in [4.69, 9.17) is 0 Å². The number of imide groups is 1. The van der Waals surface area contributed by atoms with Gasteiger partial charge in [0.05, 0.1) is 0 Å². The number of amides is 4. The van der Waals surface area contributed by atoms with Crippen LogP contribution in [0.1, 0.15) is 29.3 Å². The van der Waals surface area contributed by atoms with Gasteiger partial charge in [-0.1, -0.05) is 59.3 Å². The molecule has 1 aliphatic rings. The monoisotopic (exact) mass is 401 g/mol. The highest BCUT2D eigenvalue weighted by Crippen LogP contribution is 2.31. The Morgan fingerprint density at radius 2 is 1.88 bits per heavy atom. The number of hydrogen-bond donors (Lipinski definition) is 2. The first-order valence-corrected chi connectivity index (χ1v) is 8.56. The van der Waals surface area contributed by atoms with Crippen LogP contribution in [-0.2, 0) is 10.3 Å². The second-order valence-electron chi connectivity index (χ2n) is 5.65. The van der Waals surface area contributed by atoms with E-state index in [-0.39, 0.29) is 0 Å². The molecule has 2 aromatic carbocycles. The van der Waals surface area contributed by atoms with Gasteiger partial charge >= 0.3 is 6.03 Å². The van der Waals surface area contributed by atoms with Gasteiger partial charge in [0, 0.05) is 10.0 Å². The summed E-state index contributed by atoms with van der Waals surface area (Å²) in [6.45, 7) is 1.81. The number of carbonyl (C=O) groups excluding carboxylic acids is 3. The maximum atomic E-state index is 12.9. The number of hydrazine groups is 1. The third kappa shape index (κ3) is 3.02. The van der Waals surface area contributed by atoms with Crippen LogP contribution < -0.4 is 10.7 Å². The quantitative estimate of drug-likeness (QED) is 0.772. The SMILES string of the molecule is CC[C@]1(c2ccccc2)NC(=O)N(NC(=O)c2cccc(Br)c2)C1=O. The van der Waals surface area contributed by atoms with E-state index in [0.717, 1.165) is 9.48 Å². The minimum absolute atomic E-state index is 0.337. The van der Waals surface area contributed by atoms with E-state index in [9.17, 15) is 14.4 Å². The summed E-state index contributed by atoms with van der Waals surface area (Å²) in [5.41, 5.74) is 2.23. The van der Waals surface area contributed by atoms with Crippen LogP contribution in [0.4, 0.5) is 4.79 Å². The first-order valence-electron chi connectivity index (χ1n) is 7.76. The summed E-state index contributed by atoms with van der Waals surface area (Å²) in [5, 5.41) is 3.46. The highest BCUT2D eigenvalue weighted by atomic mass is 79.9. The highest BCUT2D eigenvalue weighted by molar-refractivity contribution is 9.10. The second kappa shape index (κ2) is 6.68.